The Balaban J connectivity index is 1.50. The summed E-state index contributed by atoms with van der Waals surface area (Å²) in [4.78, 5) is 26.3. The quantitative estimate of drug-likeness (QED) is 0.540. The van der Waals surface area contributed by atoms with Crippen molar-refractivity contribution in [3.05, 3.63) is 52.0 Å². The second-order valence-electron chi connectivity index (χ2n) is 6.32. The standard InChI is InChI=1S/C18H17FN2O4S3/c19-13-5-3-12(4-6-13)10-15-17(23)21(18(26)27-15)8-1-2-16(22)20-14-7-9-28(24,25)11-14/h3-7,9-10,14H,1-2,8,11H2,(H,20,22)/b15-10+/t14-/m1/s1. The van der Waals surface area contributed by atoms with Gasteiger partial charge in [-0.15, -0.1) is 0 Å². The summed E-state index contributed by atoms with van der Waals surface area (Å²) in [7, 11) is -3.22. The van der Waals surface area contributed by atoms with Crippen molar-refractivity contribution in [3.8, 4) is 0 Å². The summed E-state index contributed by atoms with van der Waals surface area (Å²) in [6.07, 6.45) is 3.65. The van der Waals surface area contributed by atoms with Crippen LogP contribution in [0.1, 0.15) is 18.4 Å². The van der Waals surface area contributed by atoms with Crippen LogP contribution in [0, 0.1) is 5.82 Å². The Morgan fingerprint density at radius 3 is 2.71 bits per heavy atom. The van der Waals surface area contributed by atoms with E-state index < -0.39 is 15.9 Å². The number of rotatable bonds is 6. The van der Waals surface area contributed by atoms with Gasteiger partial charge in [0.1, 0.15) is 10.1 Å². The van der Waals surface area contributed by atoms with Crippen LogP contribution >= 0.6 is 24.0 Å². The van der Waals surface area contributed by atoms with Gasteiger partial charge < -0.3 is 5.32 Å². The number of sulfone groups is 1. The summed E-state index contributed by atoms with van der Waals surface area (Å²) < 4.78 is 36.1. The van der Waals surface area contributed by atoms with E-state index in [1.165, 1.54) is 23.1 Å². The topological polar surface area (TPSA) is 83.6 Å². The molecule has 6 nitrogen and oxygen atoms in total. The van der Waals surface area contributed by atoms with Crippen molar-refractivity contribution < 1.29 is 22.4 Å². The maximum Gasteiger partial charge on any atom is 0.266 e. The van der Waals surface area contributed by atoms with Crippen LogP contribution < -0.4 is 5.32 Å². The molecular formula is C18H17FN2O4S3. The van der Waals surface area contributed by atoms with E-state index in [9.17, 15) is 22.4 Å². The molecule has 10 heteroatoms. The molecule has 2 aliphatic rings. The average molecular weight is 441 g/mol. The fraction of sp³-hybridized carbons (Fsp3) is 0.278. The number of thioether (sulfide) groups is 1. The Hall–Kier alpha value is -2.04. The maximum absolute atomic E-state index is 13.0. The zero-order valence-electron chi connectivity index (χ0n) is 14.6. The minimum absolute atomic E-state index is 0.123. The molecule has 1 aromatic rings. The molecule has 1 aromatic carbocycles. The molecule has 0 aliphatic carbocycles. The Morgan fingerprint density at radius 1 is 1.36 bits per heavy atom. The van der Waals surface area contributed by atoms with Crippen LogP contribution in [0.5, 0.6) is 0 Å². The number of nitrogens with one attached hydrogen (secondary N) is 1. The van der Waals surface area contributed by atoms with Crippen molar-refractivity contribution >= 4 is 56.0 Å². The van der Waals surface area contributed by atoms with E-state index in [0.29, 0.717) is 21.2 Å². The molecule has 0 saturated carbocycles. The number of amides is 2. The predicted octanol–water partition coefficient (Wildman–Crippen LogP) is 2.23. The second-order valence-corrected chi connectivity index (χ2v) is 9.93. The zero-order chi connectivity index (χ0) is 20.3. The van der Waals surface area contributed by atoms with E-state index in [-0.39, 0.29) is 36.4 Å². The van der Waals surface area contributed by atoms with E-state index in [4.69, 9.17) is 12.2 Å². The number of hydrogen-bond donors (Lipinski definition) is 1. The fourth-order valence-electron chi connectivity index (χ4n) is 2.75. The lowest BCUT2D eigenvalue weighted by molar-refractivity contribution is -0.124. The number of thiocarbonyl (C=S) groups is 1. The highest BCUT2D eigenvalue weighted by molar-refractivity contribution is 8.26. The third-order valence-electron chi connectivity index (χ3n) is 4.10. The van der Waals surface area contributed by atoms with E-state index in [2.05, 4.69) is 5.32 Å². The molecule has 0 aromatic heterocycles. The smallest absolute Gasteiger partial charge is 0.266 e. The van der Waals surface area contributed by atoms with Crippen LogP contribution in [0.4, 0.5) is 4.39 Å². The van der Waals surface area contributed by atoms with Gasteiger partial charge in [-0.3, -0.25) is 14.5 Å². The zero-order valence-corrected chi connectivity index (χ0v) is 17.1. The van der Waals surface area contributed by atoms with Gasteiger partial charge in [-0.25, -0.2) is 12.8 Å². The molecule has 2 aliphatic heterocycles. The summed E-state index contributed by atoms with van der Waals surface area (Å²) in [5.74, 6) is -1.00. The van der Waals surface area contributed by atoms with E-state index in [1.807, 2.05) is 0 Å². The number of benzene rings is 1. The van der Waals surface area contributed by atoms with Gasteiger partial charge >= 0.3 is 0 Å². The van der Waals surface area contributed by atoms with Gasteiger partial charge in [0, 0.05) is 18.4 Å². The summed E-state index contributed by atoms with van der Waals surface area (Å²) in [5, 5.41) is 3.74. The minimum Gasteiger partial charge on any atom is -0.349 e. The minimum atomic E-state index is -3.22. The van der Waals surface area contributed by atoms with Crippen LogP contribution in [0.15, 0.2) is 40.7 Å². The first kappa shape index (κ1) is 20.7. The average Bonchev–Trinajstić information content (AvgIpc) is 3.09. The van der Waals surface area contributed by atoms with E-state index >= 15 is 0 Å². The first-order valence-corrected chi connectivity index (χ1v) is 11.4. The normalized spacial score (nSPS) is 22.2. The Kier molecular flexibility index (Phi) is 6.31. The molecule has 0 unspecified atom stereocenters. The molecule has 2 heterocycles. The first-order chi connectivity index (χ1) is 13.2. The summed E-state index contributed by atoms with van der Waals surface area (Å²) in [6, 6.07) is 5.27. The molecule has 0 bridgehead atoms. The summed E-state index contributed by atoms with van der Waals surface area (Å²) in [6.45, 7) is 0.289. The molecule has 1 N–H and O–H groups in total. The van der Waals surface area contributed by atoms with Crippen LogP contribution in [-0.2, 0) is 19.4 Å². The monoisotopic (exact) mass is 440 g/mol. The number of carbonyl (C=O) groups excluding carboxylic acids is 2. The maximum atomic E-state index is 13.0. The van der Waals surface area contributed by atoms with Crippen LogP contribution in [0.25, 0.3) is 6.08 Å². The van der Waals surface area contributed by atoms with Gasteiger partial charge in [0.25, 0.3) is 5.91 Å². The Morgan fingerprint density at radius 2 is 2.07 bits per heavy atom. The van der Waals surface area contributed by atoms with Gasteiger partial charge in [0.15, 0.2) is 9.84 Å². The highest BCUT2D eigenvalue weighted by atomic mass is 32.2. The number of carbonyl (C=O) groups is 2. The molecule has 1 fully saturated rings. The molecule has 1 saturated heterocycles. The molecular weight excluding hydrogens is 423 g/mol. The summed E-state index contributed by atoms with van der Waals surface area (Å²) >= 11 is 6.41. The van der Waals surface area contributed by atoms with Gasteiger partial charge in [-0.1, -0.05) is 36.1 Å². The largest absolute Gasteiger partial charge is 0.349 e. The third-order valence-corrected chi connectivity index (χ3v) is 6.88. The molecule has 28 heavy (non-hydrogen) atoms. The lowest BCUT2D eigenvalue weighted by atomic mass is 10.2. The number of halogens is 1. The second kappa shape index (κ2) is 8.54. The highest BCUT2D eigenvalue weighted by Gasteiger charge is 2.31. The molecule has 148 valence electrons. The third kappa shape index (κ3) is 5.27. The first-order valence-electron chi connectivity index (χ1n) is 8.45. The van der Waals surface area contributed by atoms with Crippen molar-refractivity contribution in [2.45, 2.75) is 18.9 Å². The predicted molar refractivity (Wildman–Crippen MR) is 110 cm³/mol. The van der Waals surface area contributed by atoms with E-state index in [0.717, 1.165) is 17.2 Å². The SMILES string of the molecule is O=C(CCCN1C(=O)/C(=C\c2ccc(F)cc2)SC1=S)N[C@@H]1C=CS(=O)(=O)C1. The van der Waals surface area contributed by atoms with Crippen LogP contribution in [-0.4, -0.2) is 47.8 Å². The lowest BCUT2D eigenvalue weighted by Gasteiger charge is -2.15. The lowest BCUT2D eigenvalue weighted by Crippen LogP contribution is -2.36. The molecule has 0 radical (unpaired) electrons. The molecule has 0 spiro atoms. The molecule has 3 rings (SSSR count). The Bertz CT molecular complexity index is 971. The van der Waals surface area contributed by atoms with Crippen molar-refractivity contribution in [2.75, 3.05) is 12.3 Å². The van der Waals surface area contributed by atoms with Crippen LogP contribution in [0.2, 0.25) is 0 Å². The van der Waals surface area contributed by atoms with Gasteiger partial charge in [-0.05, 0) is 36.3 Å². The summed E-state index contributed by atoms with van der Waals surface area (Å²) in [5.41, 5.74) is 0.695. The van der Waals surface area contributed by atoms with Crippen molar-refractivity contribution in [3.63, 3.8) is 0 Å². The Labute approximate surface area is 171 Å². The molecule has 2 amide bonds. The number of nitrogens with zero attached hydrogens (tertiary/aromatic N) is 1. The highest BCUT2D eigenvalue weighted by Crippen LogP contribution is 2.32. The van der Waals surface area contributed by atoms with Crippen LogP contribution in [0.3, 0.4) is 0 Å². The van der Waals surface area contributed by atoms with E-state index in [1.54, 1.807) is 18.2 Å². The van der Waals surface area contributed by atoms with Gasteiger partial charge in [0.05, 0.1) is 16.7 Å². The molecule has 1 atom stereocenters. The van der Waals surface area contributed by atoms with Crippen molar-refractivity contribution in [1.82, 2.24) is 10.2 Å². The fourth-order valence-corrected chi connectivity index (χ4v) is 5.29. The van der Waals surface area contributed by atoms with Gasteiger partial charge in [-0.2, -0.15) is 0 Å². The van der Waals surface area contributed by atoms with Gasteiger partial charge in [0.2, 0.25) is 5.91 Å². The van der Waals surface area contributed by atoms with Crippen molar-refractivity contribution in [2.24, 2.45) is 0 Å². The number of hydrogen-bond acceptors (Lipinski definition) is 6. The van der Waals surface area contributed by atoms with Crippen molar-refractivity contribution in [1.29, 1.82) is 0 Å².